The Morgan fingerprint density at radius 1 is 1.12 bits per heavy atom. The van der Waals surface area contributed by atoms with Gasteiger partial charge in [0, 0.05) is 5.56 Å². The molecule has 0 bridgehead atoms. The third kappa shape index (κ3) is 4.73. The van der Waals surface area contributed by atoms with E-state index in [0.717, 1.165) is 22.3 Å². The van der Waals surface area contributed by atoms with Gasteiger partial charge in [0.25, 0.3) is 5.22 Å². The van der Waals surface area contributed by atoms with Gasteiger partial charge < -0.3 is 9.73 Å². The Balaban J connectivity index is 1.57. The van der Waals surface area contributed by atoms with E-state index in [0.29, 0.717) is 11.1 Å². The summed E-state index contributed by atoms with van der Waals surface area (Å²) >= 11 is 1.24. The lowest BCUT2D eigenvalue weighted by Gasteiger charge is -2.13. The zero-order valence-electron chi connectivity index (χ0n) is 15.0. The normalized spacial score (nSPS) is 12.0. The molecule has 0 spiro atoms. The lowest BCUT2D eigenvalue weighted by Crippen LogP contribution is -2.28. The van der Waals surface area contributed by atoms with E-state index < -0.39 is 0 Å². The van der Waals surface area contributed by atoms with Gasteiger partial charge in [0.05, 0.1) is 11.8 Å². The van der Waals surface area contributed by atoms with Gasteiger partial charge in [0.1, 0.15) is 0 Å². The van der Waals surface area contributed by atoms with Crippen LogP contribution >= 0.6 is 11.8 Å². The Bertz CT molecular complexity index is 873. The fourth-order valence-corrected chi connectivity index (χ4v) is 3.29. The van der Waals surface area contributed by atoms with Gasteiger partial charge in [-0.2, -0.15) is 0 Å². The number of rotatable bonds is 6. The van der Waals surface area contributed by atoms with E-state index in [-0.39, 0.29) is 17.7 Å². The van der Waals surface area contributed by atoms with E-state index in [4.69, 9.17) is 4.42 Å². The number of carbonyl (C=O) groups is 1. The van der Waals surface area contributed by atoms with Crippen molar-refractivity contribution in [1.29, 1.82) is 0 Å². The molecule has 0 aliphatic carbocycles. The molecule has 0 aliphatic rings. The van der Waals surface area contributed by atoms with Gasteiger partial charge >= 0.3 is 0 Å². The smallest absolute Gasteiger partial charge is 0.277 e. The molecule has 0 unspecified atom stereocenters. The SMILES string of the molecule is Cc1cc(C)cc(-c2nnc(SCC(=O)N[C@H](C)c3ccccc3)o2)c1. The molecule has 0 fully saturated rings. The summed E-state index contributed by atoms with van der Waals surface area (Å²) in [5.41, 5.74) is 4.24. The van der Waals surface area contributed by atoms with Crippen molar-refractivity contribution in [1.82, 2.24) is 15.5 Å². The molecule has 1 N–H and O–H groups in total. The Kier molecular flexibility index (Phi) is 5.73. The van der Waals surface area contributed by atoms with Gasteiger partial charge in [0.2, 0.25) is 11.8 Å². The molecule has 1 atom stereocenters. The van der Waals surface area contributed by atoms with Gasteiger partial charge in [-0.25, -0.2) is 0 Å². The van der Waals surface area contributed by atoms with Crippen LogP contribution in [0, 0.1) is 13.8 Å². The highest BCUT2D eigenvalue weighted by Crippen LogP contribution is 2.25. The first-order valence-electron chi connectivity index (χ1n) is 8.40. The zero-order valence-corrected chi connectivity index (χ0v) is 15.8. The molecule has 134 valence electrons. The van der Waals surface area contributed by atoms with Crippen molar-refractivity contribution in [3.63, 3.8) is 0 Å². The minimum Gasteiger partial charge on any atom is -0.411 e. The van der Waals surface area contributed by atoms with Crippen LogP contribution in [0.3, 0.4) is 0 Å². The maximum absolute atomic E-state index is 12.1. The third-order valence-corrected chi connectivity index (χ3v) is 4.70. The van der Waals surface area contributed by atoms with Gasteiger partial charge in [-0.3, -0.25) is 4.79 Å². The van der Waals surface area contributed by atoms with Crippen LogP contribution in [0.2, 0.25) is 0 Å². The fraction of sp³-hybridized carbons (Fsp3) is 0.250. The second kappa shape index (κ2) is 8.19. The molecule has 1 amide bonds. The van der Waals surface area contributed by atoms with Crippen LogP contribution in [0.15, 0.2) is 58.2 Å². The molecule has 0 aliphatic heterocycles. The van der Waals surface area contributed by atoms with Crippen molar-refractivity contribution in [3.8, 4) is 11.5 Å². The Morgan fingerprint density at radius 2 is 1.81 bits per heavy atom. The number of thioether (sulfide) groups is 1. The number of hydrogen-bond acceptors (Lipinski definition) is 5. The largest absolute Gasteiger partial charge is 0.411 e. The van der Waals surface area contributed by atoms with Crippen molar-refractivity contribution in [2.24, 2.45) is 0 Å². The highest BCUT2D eigenvalue weighted by atomic mass is 32.2. The molecular weight excluding hydrogens is 346 g/mol. The van der Waals surface area contributed by atoms with Gasteiger partial charge in [-0.15, -0.1) is 10.2 Å². The first kappa shape index (κ1) is 18.2. The summed E-state index contributed by atoms with van der Waals surface area (Å²) in [5.74, 6) is 0.626. The number of benzene rings is 2. The molecular formula is C20H21N3O2S. The predicted molar refractivity (Wildman–Crippen MR) is 103 cm³/mol. The summed E-state index contributed by atoms with van der Waals surface area (Å²) in [6.07, 6.45) is 0. The van der Waals surface area contributed by atoms with Crippen LogP contribution in [-0.2, 0) is 4.79 Å². The molecule has 2 aromatic carbocycles. The summed E-state index contributed by atoms with van der Waals surface area (Å²) in [6, 6.07) is 15.9. The molecule has 1 heterocycles. The van der Waals surface area contributed by atoms with Crippen molar-refractivity contribution in [2.45, 2.75) is 32.0 Å². The van der Waals surface area contributed by atoms with E-state index in [9.17, 15) is 4.79 Å². The van der Waals surface area contributed by atoms with Crippen LogP contribution in [-0.4, -0.2) is 21.9 Å². The number of hydrogen-bond donors (Lipinski definition) is 1. The minimum absolute atomic E-state index is 0.0437. The van der Waals surface area contributed by atoms with Crippen LogP contribution in [0.25, 0.3) is 11.5 Å². The second-order valence-corrected chi connectivity index (χ2v) is 7.16. The Hall–Kier alpha value is -2.60. The molecule has 0 saturated heterocycles. The average molecular weight is 367 g/mol. The van der Waals surface area contributed by atoms with Crippen LogP contribution in [0.4, 0.5) is 0 Å². The molecule has 3 rings (SSSR count). The topological polar surface area (TPSA) is 68.0 Å². The van der Waals surface area contributed by atoms with Crippen LogP contribution in [0.5, 0.6) is 0 Å². The Labute approximate surface area is 157 Å². The maximum atomic E-state index is 12.1. The summed E-state index contributed by atoms with van der Waals surface area (Å²) < 4.78 is 5.68. The zero-order chi connectivity index (χ0) is 18.5. The Morgan fingerprint density at radius 3 is 2.50 bits per heavy atom. The standard InChI is InChI=1S/C20H21N3O2S/c1-13-9-14(2)11-17(10-13)19-22-23-20(25-19)26-12-18(24)21-15(3)16-7-5-4-6-8-16/h4-11,15H,12H2,1-3H3,(H,21,24)/t15-/m1/s1. The molecule has 5 nitrogen and oxygen atoms in total. The van der Waals surface area contributed by atoms with Crippen LogP contribution < -0.4 is 5.32 Å². The van der Waals surface area contributed by atoms with E-state index in [1.807, 2.05) is 63.2 Å². The van der Waals surface area contributed by atoms with Gasteiger partial charge in [0.15, 0.2) is 0 Å². The lowest BCUT2D eigenvalue weighted by atomic mass is 10.1. The summed E-state index contributed by atoms with van der Waals surface area (Å²) in [4.78, 5) is 12.1. The van der Waals surface area contributed by atoms with E-state index in [2.05, 4.69) is 21.6 Å². The molecule has 1 aromatic heterocycles. The highest BCUT2D eigenvalue weighted by Gasteiger charge is 2.13. The van der Waals surface area contributed by atoms with E-state index in [1.54, 1.807) is 0 Å². The van der Waals surface area contributed by atoms with Gasteiger partial charge in [-0.1, -0.05) is 59.3 Å². The first-order chi connectivity index (χ1) is 12.5. The second-order valence-electron chi connectivity index (χ2n) is 6.24. The van der Waals surface area contributed by atoms with Crippen molar-refractivity contribution in [3.05, 3.63) is 65.2 Å². The monoisotopic (exact) mass is 367 g/mol. The van der Waals surface area contributed by atoms with Crippen molar-refractivity contribution < 1.29 is 9.21 Å². The molecule has 26 heavy (non-hydrogen) atoms. The predicted octanol–water partition coefficient (Wildman–Crippen LogP) is 4.32. The number of amides is 1. The number of aryl methyl sites for hydroxylation is 2. The quantitative estimate of drug-likeness (QED) is 0.657. The fourth-order valence-electron chi connectivity index (χ4n) is 2.72. The third-order valence-electron chi connectivity index (χ3n) is 3.88. The first-order valence-corrected chi connectivity index (χ1v) is 9.39. The minimum atomic E-state index is -0.0718. The molecule has 3 aromatic rings. The summed E-state index contributed by atoms with van der Waals surface area (Å²) in [5, 5.41) is 11.5. The molecule has 0 saturated carbocycles. The van der Waals surface area contributed by atoms with E-state index >= 15 is 0 Å². The van der Waals surface area contributed by atoms with Crippen molar-refractivity contribution >= 4 is 17.7 Å². The van der Waals surface area contributed by atoms with E-state index in [1.165, 1.54) is 11.8 Å². The molecule has 6 heteroatoms. The molecule has 0 radical (unpaired) electrons. The van der Waals surface area contributed by atoms with Gasteiger partial charge in [-0.05, 0) is 38.5 Å². The summed E-state index contributed by atoms with van der Waals surface area (Å²) in [7, 11) is 0. The number of aromatic nitrogens is 2. The van der Waals surface area contributed by atoms with Crippen LogP contribution in [0.1, 0.15) is 29.7 Å². The number of carbonyl (C=O) groups excluding carboxylic acids is 1. The average Bonchev–Trinajstić information content (AvgIpc) is 3.09. The summed E-state index contributed by atoms with van der Waals surface area (Å²) in [6.45, 7) is 6.02. The number of nitrogens with zero attached hydrogens (tertiary/aromatic N) is 2. The number of nitrogens with one attached hydrogen (secondary N) is 1. The maximum Gasteiger partial charge on any atom is 0.277 e. The lowest BCUT2D eigenvalue weighted by molar-refractivity contribution is -0.119. The highest BCUT2D eigenvalue weighted by molar-refractivity contribution is 7.99. The van der Waals surface area contributed by atoms with Crippen molar-refractivity contribution in [2.75, 3.05) is 5.75 Å².